The molecule has 1 unspecified atom stereocenters. The van der Waals surface area contributed by atoms with E-state index in [1.54, 1.807) is 13.0 Å². The van der Waals surface area contributed by atoms with Crippen molar-refractivity contribution in [1.29, 1.82) is 0 Å². The average molecular weight is 253 g/mol. The van der Waals surface area contributed by atoms with Gasteiger partial charge in [-0.15, -0.1) is 0 Å². The van der Waals surface area contributed by atoms with Crippen LogP contribution in [-0.4, -0.2) is 28.9 Å². The van der Waals surface area contributed by atoms with Crippen molar-refractivity contribution in [3.63, 3.8) is 0 Å². The fraction of sp³-hybridized carbons (Fsp3) is 0.571. The van der Waals surface area contributed by atoms with Gasteiger partial charge >= 0.3 is 0 Å². The number of halogens is 1. The Morgan fingerprint density at radius 3 is 2.78 bits per heavy atom. The van der Waals surface area contributed by atoms with Gasteiger partial charge in [0.2, 0.25) is 0 Å². The quantitative estimate of drug-likeness (QED) is 0.849. The molecule has 1 saturated heterocycles. The smallest absolute Gasteiger partial charge is 0.123 e. The fourth-order valence-corrected chi connectivity index (χ4v) is 2.57. The van der Waals surface area contributed by atoms with E-state index >= 15 is 0 Å². The van der Waals surface area contributed by atoms with E-state index in [4.69, 9.17) is 0 Å². The molecule has 0 bridgehead atoms. The summed E-state index contributed by atoms with van der Waals surface area (Å²) in [4.78, 5) is 2.02. The number of anilines is 1. The summed E-state index contributed by atoms with van der Waals surface area (Å²) in [6.07, 6.45) is 0.945. The second kappa shape index (κ2) is 4.86. The summed E-state index contributed by atoms with van der Waals surface area (Å²) in [5, 5.41) is 19.8. The summed E-state index contributed by atoms with van der Waals surface area (Å²) in [6.45, 7) is 4.77. The van der Waals surface area contributed by atoms with Crippen LogP contribution in [0.4, 0.5) is 10.1 Å². The van der Waals surface area contributed by atoms with Crippen molar-refractivity contribution in [1.82, 2.24) is 0 Å². The van der Waals surface area contributed by atoms with Gasteiger partial charge in [-0.1, -0.05) is 0 Å². The molecular formula is C14H20FNO2. The minimum absolute atomic E-state index is 0.349. The number of aliphatic hydroxyl groups is 2. The summed E-state index contributed by atoms with van der Waals surface area (Å²) in [5.41, 5.74) is 0.668. The number of hydrogen-bond acceptors (Lipinski definition) is 3. The van der Waals surface area contributed by atoms with Crippen molar-refractivity contribution in [3.8, 4) is 0 Å². The molecule has 2 rings (SSSR count). The Labute approximate surface area is 107 Å². The monoisotopic (exact) mass is 253 g/mol. The van der Waals surface area contributed by atoms with Crippen LogP contribution >= 0.6 is 0 Å². The van der Waals surface area contributed by atoms with Gasteiger partial charge in [-0.05, 0) is 44.9 Å². The van der Waals surface area contributed by atoms with Crippen LogP contribution < -0.4 is 4.90 Å². The Bertz CT molecular complexity index is 432. The van der Waals surface area contributed by atoms with Crippen LogP contribution in [0.2, 0.25) is 0 Å². The summed E-state index contributed by atoms with van der Waals surface area (Å²) >= 11 is 0. The Hall–Kier alpha value is -1.13. The highest BCUT2D eigenvalue weighted by molar-refractivity contribution is 5.55. The van der Waals surface area contributed by atoms with Crippen LogP contribution in [0.15, 0.2) is 18.2 Å². The third-order valence-electron chi connectivity index (χ3n) is 3.46. The van der Waals surface area contributed by atoms with Gasteiger partial charge in [0.05, 0.1) is 11.7 Å². The molecule has 0 saturated carbocycles. The van der Waals surface area contributed by atoms with E-state index in [0.717, 1.165) is 25.1 Å². The largest absolute Gasteiger partial charge is 0.389 e. The molecule has 2 atom stereocenters. The van der Waals surface area contributed by atoms with Crippen LogP contribution in [0.1, 0.15) is 38.4 Å². The van der Waals surface area contributed by atoms with Gasteiger partial charge in [0.15, 0.2) is 0 Å². The molecule has 0 spiro atoms. The lowest BCUT2D eigenvalue weighted by Crippen LogP contribution is -2.46. The molecule has 0 radical (unpaired) electrons. The van der Waals surface area contributed by atoms with Gasteiger partial charge in [-0.2, -0.15) is 0 Å². The minimum Gasteiger partial charge on any atom is -0.389 e. The fourth-order valence-electron chi connectivity index (χ4n) is 2.57. The van der Waals surface area contributed by atoms with Crippen molar-refractivity contribution in [2.45, 2.75) is 38.4 Å². The predicted molar refractivity (Wildman–Crippen MR) is 69.1 cm³/mol. The van der Waals surface area contributed by atoms with Crippen molar-refractivity contribution < 1.29 is 14.6 Å². The molecule has 0 aliphatic carbocycles. The molecule has 2 N–H and O–H groups in total. The summed E-state index contributed by atoms with van der Waals surface area (Å²) < 4.78 is 13.2. The third kappa shape index (κ3) is 2.82. The highest BCUT2D eigenvalue weighted by Crippen LogP contribution is 2.31. The first-order valence-corrected chi connectivity index (χ1v) is 6.34. The maximum atomic E-state index is 13.2. The molecule has 1 fully saturated rings. The number of piperidine rings is 1. The lowest BCUT2D eigenvalue weighted by molar-refractivity contribution is 0.0447. The van der Waals surface area contributed by atoms with Gasteiger partial charge < -0.3 is 15.1 Å². The summed E-state index contributed by atoms with van der Waals surface area (Å²) in [5.74, 6) is -0.349. The first-order chi connectivity index (χ1) is 8.39. The number of β-amino-alcohol motifs (C(OH)–C–C–N with tert-alkyl or cyclic N) is 1. The molecule has 1 aliphatic rings. The summed E-state index contributed by atoms with van der Waals surface area (Å²) in [7, 11) is 0. The molecule has 0 aromatic heterocycles. The van der Waals surface area contributed by atoms with E-state index in [-0.39, 0.29) is 5.82 Å². The van der Waals surface area contributed by atoms with Crippen molar-refractivity contribution in [2.75, 3.05) is 18.0 Å². The highest BCUT2D eigenvalue weighted by atomic mass is 19.1. The van der Waals surface area contributed by atoms with Crippen LogP contribution in [-0.2, 0) is 0 Å². The molecule has 3 nitrogen and oxygen atoms in total. The molecule has 100 valence electrons. The average Bonchev–Trinajstić information content (AvgIpc) is 2.27. The molecule has 1 heterocycles. The van der Waals surface area contributed by atoms with E-state index in [9.17, 15) is 14.6 Å². The number of hydrogen-bond donors (Lipinski definition) is 2. The van der Waals surface area contributed by atoms with Crippen LogP contribution in [0.5, 0.6) is 0 Å². The Morgan fingerprint density at radius 2 is 2.17 bits per heavy atom. The maximum absolute atomic E-state index is 13.2. The topological polar surface area (TPSA) is 43.7 Å². The molecule has 4 heteroatoms. The molecule has 18 heavy (non-hydrogen) atoms. The van der Waals surface area contributed by atoms with E-state index in [2.05, 4.69) is 0 Å². The standard InChI is InChI=1S/C14H20FNO2/c1-10(17)12-8-11(15)4-5-13(12)16-7-3-6-14(2,18)9-16/h4-5,8,10,17-18H,3,6-7,9H2,1-2H3/t10-,14?/m0/s1. The first-order valence-electron chi connectivity index (χ1n) is 6.34. The van der Waals surface area contributed by atoms with Gasteiger partial charge in [-0.3, -0.25) is 0 Å². The number of benzene rings is 1. The lowest BCUT2D eigenvalue weighted by atomic mass is 9.94. The Kier molecular flexibility index (Phi) is 3.59. The SMILES string of the molecule is C[C@H](O)c1cc(F)ccc1N1CCCC(C)(O)C1. The Morgan fingerprint density at radius 1 is 1.44 bits per heavy atom. The zero-order chi connectivity index (χ0) is 13.3. The zero-order valence-corrected chi connectivity index (χ0v) is 10.9. The van der Waals surface area contributed by atoms with Crippen LogP contribution in [0.25, 0.3) is 0 Å². The number of nitrogens with zero attached hydrogens (tertiary/aromatic N) is 1. The highest BCUT2D eigenvalue weighted by Gasteiger charge is 2.29. The van der Waals surface area contributed by atoms with Crippen LogP contribution in [0, 0.1) is 5.82 Å². The number of aliphatic hydroxyl groups excluding tert-OH is 1. The van der Waals surface area contributed by atoms with Gasteiger partial charge in [0.1, 0.15) is 5.82 Å². The minimum atomic E-state index is -0.720. The molecule has 1 aromatic carbocycles. The first kappa shape index (κ1) is 13.3. The normalized spacial score (nSPS) is 26.2. The van der Waals surface area contributed by atoms with E-state index in [1.807, 2.05) is 11.8 Å². The maximum Gasteiger partial charge on any atom is 0.123 e. The van der Waals surface area contributed by atoms with Crippen molar-refractivity contribution in [2.24, 2.45) is 0 Å². The van der Waals surface area contributed by atoms with E-state index < -0.39 is 11.7 Å². The second-order valence-electron chi connectivity index (χ2n) is 5.40. The van der Waals surface area contributed by atoms with Gasteiger partial charge in [0, 0.05) is 24.3 Å². The molecule has 1 aliphatic heterocycles. The van der Waals surface area contributed by atoms with E-state index in [0.29, 0.717) is 12.1 Å². The summed E-state index contributed by atoms with van der Waals surface area (Å²) in [6, 6.07) is 4.44. The van der Waals surface area contributed by atoms with Gasteiger partial charge in [-0.25, -0.2) is 4.39 Å². The zero-order valence-electron chi connectivity index (χ0n) is 10.9. The third-order valence-corrected chi connectivity index (χ3v) is 3.46. The predicted octanol–water partition coefficient (Wildman–Crippen LogP) is 2.23. The van der Waals surface area contributed by atoms with Crippen molar-refractivity contribution >= 4 is 5.69 Å². The number of rotatable bonds is 2. The van der Waals surface area contributed by atoms with Crippen molar-refractivity contribution in [3.05, 3.63) is 29.6 Å². The molecule has 0 amide bonds. The van der Waals surface area contributed by atoms with Gasteiger partial charge in [0.25, 0.3) is 0 Å². The van der Waals surface area contributed by atoms with E-state index in [1.165, 1.54) is 12.1 Å². The lowest BCUT2D eigenvalue weighted by Gasteiger charge is -2.39. The Balaban J connectivity index is 2.32. The van der Waals surface area contributed by atoms with Crippen LogP contribution in [0.3, 0.4) is 0 Å². The molecule has 1 aromatic rings. The molecular weight excluding hydrogens is 233 g/mol. The second-order valence-corrected chi connectivity index (χ2v) is 5.40.